The normalized spacial score (nSPS) is 24.2. The average Bonchev–Trinajstić information content (AvgIpc) is 3.20. The molecule has 1 aromatic rings. The van der Waals surface area contributed by atoms with E-state index >= 15 is 0 Å². The maximum atomic E-state index is 12.7. The molecule has 1 aliphatic heterocycles. The molecule has 25 heavy (non-hydrogen) atoms. The van der Waals surface area contributed by atoms with E-state index < -0.39 is 24.2 Å². The maximum absolute atomic E-state index is 12.7. The van der Waals surface area contributed by atoms with Crippen LogP contribution in [0.3, 0.4) is 0 Å². The summed E-state index contributed by atoms with van der Waals surface area (Å²) in [5, 5.41) is 1.98. The Bertz CT molecular complexity index is 628. The van der Waals surface area contributed by atoms with E-state index in [1.54, 1.807) is 11.1 Å². The number of imidazole rings is 1. The van der Waals surface area contributed by atoms with Crippen LogP contribution in [0.1, 0.15) is 32.1 Å². The van der Waals surface area contributed by atoms with Gasteiger partial charge in [-0.3, -0.25) is 9.59 Å². The summed E-state index contributed by atoms with van der Waals surface area (Å²) in [5.41, 5.74) is -1.25. The Hall–Kier alpha value is -2.06. The van der Waals surface area contributed by atoms with Gasteiger partial charge >= 0.3 is 6.18 Å². The summed E-state index contributed by atoms with van der Waals surface area (Å²) in [6, 6.07) is 0. The summed E-state index contributed by atoms with van der Waals surface area (Å²) >= 11 is 0. The van der Waals surface area contributed by atoms with Gasteiger partial charge in [0.2, 0.25) is 11.8 Å². The third kappa shape index (κ3) is 4.13. The highest BCUT2D eigenvalue weighted by atomic mass is 19.4. The van der Waals surface area contributed by atoms with Gasteiger partial charge in [0.1, 0.15) is 12.1 Å². The number of likely N-dealkylation sites (tertiary alicyclic amines) is 1. The zero-order valence-electron chi connectivity index (χ0n) is 13.8. The second-order valence-electron chi connectivity index (χ2n) is 6.87. The first-order valence-corrected chi connectivity index (χ1v) is 8.41. The molecule has 2 amide bonds. The van der Waals surface area contributed by atoms with Crippen LogP contribution in [0.5, 0.6) is 0 Å². The van der Waals surface area contributed by atoms with Crippen molar-refractivity contribution in [3.8, 4) is 0 Å². The first-order chi connectivity index (χ1) is 11.8. The third-order valence-corrected chi connectivity index (χ3v) is 4.85. The van der Waals surface area contributed by atoms with Crippen LogP contribution < -0.4 is 5.32 Å². The number of carbonyl (C=O) groups is 2. The number of hydrogen-bond acceptors (Lipinski definition) is 3. The number of aromatic nitrogens is 2. The van der Waals surface area contributed by atoms with Crippen LogP contribution in [0.25, 0.3) is 0 Å². The number of amides is 2. The lowest BCUT2D eigenvalue weighted by atomic mass is 9.87. The van der Waals surface area contributed by atoms with Crippen LogP contribution in [-0.4, -0.2) is 52.1 Å². The minimum Gasteiger partial charge on any atom is -0.345 e. The average molecular weight is 358 g/mol. The molecule has 0 bridgehead atoms. The van der Waals surface area contributed by atoms with Crippen LogP contribution >= 0.6 is 0 Å². The molecule has 6 nitrogen and oxygen atoms in total. The summed E-state index contributed by atoms with van der Waals surface area (Å²) in [6.07, 6.45) is 3.41. The molecule has 1 N–H and O–H groups in total. The van der Waals surface area contributed by atoms with Gasteiger partial charge in [-0.2, -0.15) is 13.2 Å². The maximum Gasteiger partial charge on any atom is 0.405 e. The predicted octanol–water partition coefficient (Wildman–Crippen LogP) is 1.68. The van der Waals surface area contributed by atoms with Crippen molar-refractivity contribution in [2.45, 2.75) is 43.8 Å². The number of hydrogen-bond donors (Lipinski definition) is 1. The molecule has 1 unspecified atom stereocenters. The summed E-state index contributed by atoms with van der Waals surface area (Å²) in [4.78, 5) is 30.6. The molecular formula is C16H21F3N4O2. The molecule has 1 saturated carbocycles. The number of halogens is 3. The zero-order valence-corrected chi connectivity index (χ0v) is 13.8. The van der Waals surface area contributed by atoms with E-state index in [-0.39, 0.29) is 12.5 Å². The molecule has 0 radical (unpaired) electrons. The highest BCUT2D eigenvalue weighted by Crippen LogP contribution is 2.35. The van der Waals surface area contributed by atoms with E-state index in [1.165, 1.54) is 17.1 Å². The van der Waals surface area contributed by atoms with Gasteiger partial charge in [0.25, 0.3) is 0 Å². The number of nitrogens with zero attached hydrogens (tertiary/aromatic N) is 3. The van der Waals surface area contributed by atoms with E-state index in [1.807, 2.05) is 5.32 Å². The van der Waals surface area contributed by atoms with Crippen molar-refractivity contribution >= 4 is 11.8 Å². The van der Waals surface area contributed by atoms with Gasteiger partial charge in [-0.05, 0) is 31.6 Å². The lowest BCUT2D eigenvalue weighted by Gasteiger charge is -2.42. The van der Waals surface area contributed by atoms with Crippen LogP contribution in [0, 0.1) is 5.92 Å². The molecule has 2 aliphatic rings. The highest BCUT2D eigenvalue weighted by Gasteiger charge is 2.46. The largest absolute Gasteiger partial charge is 0.405 e. The molecule has 1 aliphatic carbocycles. The number of nitrogens with one attached hydrogen (secondary N) is 1. The topological polar surface area (TPSA) is 67.2 Å². The molecular weight excluding hydrogens is 337 g/mol. The van der Waals surface area contributed by atoms with Crippen molar-refractivity contribution in [3.05, 3.63) is 18.7 Å². The molecule has 9 heteroatoms. The van der Waals surface area contributed by atoms with Crippen molar-refractivity contribution in [1.82, 2.24) is 19.8 Å². The first kappa shape index (κ1) is 17.8. The van der Waals surface area contributed by atoms with E-state index in [4.69, 9.17) is 0 Å². The van der Waals surface area contributed by atoms with Crippen LogP contribution in [0.15, 0.2) is 18.7 Å². The van der Waals surface area contributed by atoms with Crippen molar-refractivity contribution in [2.75, 3.05) is 19.6 Å². The Kier molecular flexibility index (Phi) is 4.75. The summed E-state index contributed by atoms with van der Waals surface area (Å²) in [6.45, 7) is -0.800. The van der Waals surface area contributed by atoms with Crippen molar-refractivity contribution in [1.29, 1.82) is 0 Å². The van der Waals surface area contributed by atoms with Gasteiger partial charge in [-0.1, -0.05) is 0 Å². The minimum atomic E-state index is -4.48. The third-order valence-electron chi connectivity index (χ3n) is 4.85. The monoisotopic (exact) mass is 358 g/mol. The molecule has 138 valence electrons. The van der Waals surface area contributed by atoms with Gasteiger partial charge in [-0.15, -0.1) is 0 Å². The molecule has 2 fully saturated rings. The van der Waals surface area contributed by atoms with Gasteiger partial charge in [0.15, 0.2) is 0 Å². The fraction of sp³-hybridized carbons (Fsp3) is 0.688. The van der Waals surface area contributed by atoms with Gasteiger partial charge in [-0.25, -0.2) is 4.98 Å². The number of carbonyl (C=O) groups excluding carboxylic acids is 2. The Balaban J connectivity index is 1.79. The van der Waals surface area contributed by atoms with Crippen LogP contribution in [-0.2, 0) is 15.1 Å². The van der Waals surface area contributed by atoms with Crippen molar-refractivity contribution in [2.24, 2.45) is 5.92 Å². The van der Waals surface area contributed by atoms with Gasteiger partial charge in [0, 0.05) is 25.4 Å². The summed E-state index contributed by atoms with van der Waals surface area (Å²) in [7, 11) is 0. The molecule has 3 rings (SSSR count). The standard InChI is InChI=1S/C16H21F3N4O2/c17-16(18,19)9-21-14(25)15(23-7-5-20-11-23)4-1-6-22(10-15)13(24)8-12-2-3-12/h5,7,11-12H,1-4,6,8-10H2,(H,21,25). The Labute approximate surface area is 143 Å². The van der Waals surface area contributed by atoms with Crippen LogP contribution in [0.2, 0.25) is 0 Å². The van der Waals surface area contributed by atoms with Gasteiger partial charge in [0.05, 0.1) is 12.9 Å². The Morgan fingerprint density at radius 3 is 2.68 bits per heavy atom. The molecule has 2 heterocycles. The molecule has 1 aromatic heterocycles. The van der Waals surface area contributed by atoms with Crippen LogP contribution in [0.4, 0.5) is 13.2 Å². The van der Waals surface area contributed by atoms with Gasteiger partial charge < -0.3 is 14.8 Å². The molecule has 0 spiro atoms. The Morgan fingerprint density at radius 1 is 1.32 bits per heavy atom. The molecule has 1 atom stereocenters. The number of piperidine rings is 1. The fourth-order valence-electron chi connectivity index (χ4n) is 3.32. The molecule has 1 saturated heterocycles. The van der Waals surface area contributed by atoms with E-state index in [0.29, 0.717) is 31.7 Å². The smallest absolute Gasteiger partial charge is 0.345 e. The minimum absolute atomic E-state index is 0.0321. The fourth-order valence-corrected chi connectivity index (χ4v) is 3.32. The highest BCUT2D eigenvalue weighted by molar-refractivity contribution is 5.86. The quantitative estimate of drug-likeness (QED) is 0.871. The lowest BCUT2D eigenvalue weighted by Crippen LogP contribution is -2.59. The number of rotatable bonds is 5. The Morgan fingerprint density at radius 2 is 2.08 bits per heavy atom. The van der Waals surface area contributed by atoms with E-state index in [2.05, 4.69) is 4.98 Å². The zero-order chi connectivity index (χ0) is 18.1. The SMILES string of the molecule is O=C(CC1CC1)N1CCCC(C(=O)NCC(F)(F)F)(n2ccnc2)C1. The van der Waals surface area contributed by atoms with Crippen molar-refractivity contribution in [3.63, 3.8) is 0 Å². The first-order valence-electron chi connectivity index (χ1n) is 8.41. The second kappa shape index (κ2) is 6.68. The second-order valence-corrected chi connectivity index (χ2v) is 6.87. The van der Waals surface area contributed by atoms with Crippen molar-refractivity contribution < 1.29 is 22.8 Å². The lowest BCUT2D eigenvalue weighted by molar-refractivity contribution is -0.148. The van der Waals surface area contributed by atoms with E-state index in [9.17, 15) is 22.8 Å². The van der Waals surface area contributed by atoms with E-state index in [0.717, 1.165) is 12.8 Å². The summed E-state index contributed by atoms with van der Waals surface area (Å²) in [5.74, 6) is -0.349. The molecule has 0 aromatic carbocycles. The number of alkyl halides is 3. The predicted molar refractivity (Wildman–Crippen MR) is 82.4 cm³/mol. The summed E-state index contributed by atoms with van der Waals surface area (Å²) < 4.78 is 39.0.